The van der Waals surface area contributed by atoms with Gasteiger partial charge in [-0.15, -0.1) is 0 Å². The van der Waals surface area contributed by atoms with E-state index in [4.69, 9.17) is 0 Å². The van der Waals surface area contributed by atoms with Crippen molar-refractivity contribution in [3.05, 3.63) is 29.3 Å². The van der Waals surface area contributed by atoms with Crippen LogP contribution in [0.15, 0.2) is 18.2 Å². The molecule has 142 valence electrons. The fourth-order valence-corrected chi connectivity index (χ4v) is 3.94. The topological polar surface area (TPSA) is 64.7 Å². The molecule has 2 aliphatic heterocycles. The first-order chi connectivity index (χ1) is 12.5. The largest absolute Gasteiger partial charge is 0.337 e. The molecular formula is C20H30N4O2. The molecule has 0 bridgehead atoms. The fourth-order valence-electron chi connectivity index (χ4n) is 3.94. The van der Waals surface area contributed by atoms with Crippen molar-refractivity contribution in [2.45, 2.75) is 52.1 Å². The zero-order valence-electron chi connectivity index (χ0n) is 16.0. The number of carbonyl (C=O) groups excluding carboxylic acids is 2. The first kappa shape index (κ1) is 18.7. The van der Waals surface area contributed by atoms with E-state index in [0.717, 1.165) is 25.2 Å². The first-order valence-corrected chi connectivity index (χ1v) is 9.64. The molecule has 6 nitrogen and oxygen atoms in total. The predicted molar refractivity (Wildman–Crippen MR) is 103 cm³/mol. The van der Waals surface area contributed by atoms with Crippen LogP contribution < -0.4 is 15.5 Å². The Balaban J connectivity index is 1.50. The number of hydrogen-bond donors (Lipinski definition) is 2. The lowest BCUT2D eigenvalue weighted by atomic mass is 10.1. The number of likely N-dealkylation sites (N-methyl/N-ethyl adjacent to an activating group) is 1. The van der Waals surface area contributed by atoms with Crippen LogP contribution in [0.2, 0.25) is 0 Å². The monoisotopic (exact) mass is 358 g/mol. The number of anilines is 1. The van der Waals surface area contributed by atoms with E-state index >= 15 is 0 Å². The van der Waals surface area contributed by atoms with Crippen molar-refractivity contribution in [2.75, 3.05) is 31.1 Å². The van der Waals surface area contributed by atoms with Gasteiger partial charge >= 0.3 is 6.03 Å². The van der Waals surface area contributed by atoms with E-state index in [2.05, 4.69) is 29.4 Å². The summed E-state index contributed by atoms with van der Waals surface area (Å²) in [6, 6.07) is 6.16. The van der Waals surface area contributed by atoms with E-state index in [0.29, 0.717) is 25.6 Å². The van der Waals surface area contributed by atoms with Crippen molar-refractivity contribution in [3.8, 4) is 0 Å². The number of amides is 3. The number of likely N-dealkylation sites (tertiary alicyclic amines) is 1. The molecule has 2 aliphatic rings. The molecule has 2 heterocycles. The van der Waals surface area contributed by atoms with Gasteiger partial charge in [0.05, 0.1) is 6.04 Å². The van der Waals surface area contributed by atoms with E-state index in [-0.39, 0.29) is 18.0 Å². The van der Waals surface area contributed by atoms with Gasteiger partial charge in [-0.05, 0) is 63.0 Å². The van der Waals surface area contributed by atoms with Crippen LogP contribution in [0.5, 0.6) is 0 Å². The van der Waals surface area contributed by atoms with Gasteiger partial charge in [-0.3, -0.25) is 9.69 Å². The quantitative estimate of drug-likeness (QED) is 0.848. The van der Waals surface area contributed by atoms with E-state index in [1.807, 2.05) is 25.1 Å². The summed E-state index contributed by atoms with van der Waals surface area (Å²) in [7, 11) is 0. The molecule has 0 aliphatic carbocycles. The molecule has 0 radical (unpaired) electrons. The molecule has 2 N–H and O–H groups in total. The number of rotatable bonds is 5. The van der Waals surface area contributed by atoms with E-state index in [1.165, 1.54) is 17.5 Å². The van der Waals surface area contributed by atoms with Crippen LogP contribution >= 0.6 is 0 Å². The minimum atomic E-state index is -0.173. The summed E-state index contributed by atoms with van der Waals surface area (Å²) >= 11 is 0. The molecule has 6 heteroatoms. The Hall–Kier alpha value is -2.08. The number of hydrogen-bond acceptors (Lipinski definition) is 3. The summed E-state index contributed by atoms with van der Waals surface area (Å²) < 4.78 is 0. The van der Waals surface area contributed by atoms with Crippen molar-refractivity contribution in [1.82, 2.24) is 15.5 Å². The lowest BCUT2D eigenvalue weighted by Gasteiger charge is -2.23. The summed E-state index contributed by atoms with van der Waals surface area (Å²) in [5.41, 5.74) is 3.29. The lowest BCUT2D eigenvalue weighted by molar-refractivity contribution is -0.117. The van der Waals surface area contributed by atoms with Crippen LogP contribution in [0.1, 0.15) is 37.3 Å². The second-order valence-corrected chi connectivity index (χ2v) is 7.45. The van der Waals surface area contributed by atoms with Crippen molar-refractivity contribution < 1.29 is 9.59 Å². The van der Waals surface area contributed by atoms with Crippen molar-refractivity contribution in [3.63, 3.8) is 0 Å². The van der Waals surface area contributed by atoms with Gasteiger partial charge in [0.15, 0.2) is 0 Å². The van der Waals surface area contributed by atoms with Crippen LogP contribution in [0.3, 0.4) is 0 Å². The number of aryl methyl sites for hydroxylation is 2. The van der Waals surface area contributed by atoms with Crippen LogP contribution in [0.4, 0.5) is 10.5 Å². The normalized spacial score (nSPS) is 23.5. The van der Waals surface area contributed by atoms with Gasteiger partial charge in [0.25, 0.3) is 0 Å². The highest BCUT2D eigenvalue weighted by Gasteiger charge is 2.32. The van der Waals surface area contributed by atoms with Crippen molar-refractivity contribution in [1.29, 1.82) is 0 Å². The van der Waals surface area contributed by atoms with Gasteiger partial charge in [-0.25, -0.2) is 4.79 Å². The Morgan fingerprint density at radius 3 is 2.81 bits per heavy atom. The maximum Gasteiger partial charge on any atom is 0.315 e. The SMILES string of the molecule is CCN1CCCC1CNC(=O)NC1CC(=O)N(c2ccc(C)c(C)c2)C1. The lowest BCUT2D eigenvalue weighted by Crippen LogP contribution is -2.47. The third kappa shape index (κ3) is 4.18. The molecule has 0 spiro atoms. The van der Waals surface area contributed by atoms with Crippen LogP contribution in [0.25, 0.3) is 0 Å². The zero-order valence-corrected chi connectivity index (χ0v) is 16.0. The smallest absolute Gasteiger partial charge is 0.315 e. The highest BCUT2D eigenvalue weighted by atomic mass is 16.2. The number of carbonyl (C=O) groups is 2. The van der Waals surface area contributed by atoms with Crippen LogP contribution in [-0.2, 0) is 4.79 Å². The molecular weight excluding hydrogens is 328 g/mol. The molecule has 3 rings (SSSR count). The van der Waals surface area contributed by atoms with Gasteiger partial charge < -0.3 is 15.5 Å². The number of nitrogens with zero attached hydrogens (tertiary/aromatic N) is 2. The summed E-state index contributed by atoms with van der Waals surface area (Å²) in [5.74, 6) is 0.0616. The van der Waals surface area contributed by atoms with Crippen molar-refractivity contribution in [2.24, 2.45) is 0 Å². The first-order valence-electron chi connectivity index (χ1n) is 9.64. The Morgan fingerprint density at radius 2 is 2.08 bits per heavy atom. The van der Waals surface area contributed by atoms with E-state index in [1.54, 1.807) is 4.90 Å². The minimum Gasteiger partial charge on any atom is -0.337 e. The molecule has 0 saturated carbocycles. The molecule has 2 saturated heterocycles. The maximum absolute atomic E-state index is 12.4. The number of nitrogens with one attached hydrogen (secondary N) is 2. The Labute approximate surface area is 155 Å². The molecule has 2 atom stereocenters. The van der Waals surface area contributed by atoms with Gasteiger partial charge in [-0.1, -0.05) is 13.0 Å². The zero-order chi connectivity index (χ0) is 18.7. The number of urea groups is 1. The Morgan fingerprint density at radius 1 is 1.27 bits per heavy atom. The molecule has 2 fully saturated rings. The average molecular weight is 358 g/mol. The molecule has 0 aromatic heterocycles. The number of benzene rings is 1. The summed E-state index contributed by atoms with van der Waals surface area (Å²) in [5, 5.41) is 5.94. The third-order valence-electron chi connectivity index (χ3n) is 5.67. The average Bonchev–Trinajstić information content (AvgIpc) is 3.21. The third-order valence-corrected chi connectivity index (χ3v) is 5.67. The summed E-state index contributed by atoms with van der Waals surface area (Å²) in [4.78, 5) is 28.8. The second kappa shape index (κ2) is 8.08. The van der Waals surface area contributed by atoms with Gasteiger partial charge in [0, 0.05) is 31.2 Å². The Bertz CT molecular complexity index is 676. The molecule has 1 aromatic carbocycles. The molecule has 3 amide bonds. The van der Waals surface area contributed by atoms with E-state index < -0.39 is 0 Å². The van der Waals surface area contributed by atoms with E-state index in [9.17, 15) is 9.59 Å². The van der Waals surface area contributed by atoms with Crippen LogP contribution in [0, 0.1) is 13.8 Å². The molecule has 26 heavy (non-hydrogen) atoms. The maximum atomic E-state index is 12.4. The van der Waals surface area contributed by atoms with Crippen molar-refractivity contribution >= 4 is 17.6 Å². The highest BCUT2D eigenvalue weighted by Crippen LogP contribution is 2.24. The highest BCUT2D eigenvalue weighted by molar-refractivity contribution is 5.96. The summed E-state index contributed by atoms with van der Waals surface area (Å²) in [6.07, 6.45) is 2.69. The predicted octanol–water partition coefficient (Wildman–Crippen LogP) is 2.19. The summed E-state index contributed by atoms with van der Waals surface area (Å²) in [6.45, 7) is 9.60. The van der Waals surface area contributed by atoms with Gasteiger partial charge in [0.2, 0.25) is 5.91 Å². The minimum absolute atomic E-state index is 0.0616. The second-order valence-electron chi connectivity index (χ2n) is 7.45. The molecule has 2 unspecified atom stereocenters. The fraction of sp³-hybridized carbons (Fsp3) is 0.600. The Kier molecular flexibility index (Phi) is 5.81. The molecule has 1 aromatic rings. The van der Waals surface area contributed by atoms with Gasteiger partial charge in [0.1, 0.15) is 0 Å². The standard InChI is InChI=1S/C20H30N4O2/c1-4-23-9-5-6-18(23)12-21-20(26)22-16-11-19(25)24(13-16)17-8-7-14(2)15(3)10-17/h7-8,10,16,18H,4-6,9,11-13H2,1-3H3,(H2,21,22,26). The van der Waals surface area contributed by atoms with Crippen LogP contribution in [-0.4, -0.2) is 55.1 Å². The van der Waals surface area contributed by atoms with Gasteiger partial charge in [-0.2, -0.15) is 0 Å².